The molecule has 238 valence electrons. The number of amides is 4. The van der Waals surface area contributed by atoms with E-state index >= 15 is 0 Å². The quantitative estimate of drug-likeness (QED) is 0.300. The molecule has 8 rings (SSSR count). The van der Waals surface area contributed by atoms with Gasteiger partial charge in [0.05, 0.1) is 37.0 Å². The first-order chi connectivity index (χ1) is 22.0. The number of halogens is 2. The molecule has 12 heteroatoms. The Morgan fingerprint density at radius 2 is 1.63 bits per heavy atom. The molecule has 0 aromatic heterocycles. The zero-order valence-corrected chi connectivity index (χ0v) is 26.5. The van der Waals surface area contributed by atoms with E-state index in [2.05, 4.69) is 4.90 Å². The first-order valence-electron chi connectivity index (χ1n) is 15.4. The summed E-state index contributed by atoms with van der Waals surface area (Å²) in [4.78, 5) is 56.4. The van der Waals surface area contributed by atoms with Gasteiger partial charge in [0.25, 0.3) is 11.8 Å². The summed E-state index contributed by atoms with van der Waals surface area (Å²) in [6, 6.07) is 12.1. The zero-order valence-electron chi connectivity index (χ0n) is 24.9. The summed E-state index contributed by atoms with van der Waals surface area (Å²) >= 11 is 14.6. The van der Waals surface area contributed by atoms with Gasteiger partial charge in [-0.1, -0.05) is 11.6 Å². The normalized spacial score (nSPS) is 33.6. The average Bonchev–Trinajstić information content (AvgIpc) is 3.39. The van der Waals surface area contributed by atoms with Gasteiger partial charge in [0.2, 0.25) is 11.8 Å². The van der Waals surface area contributed by atoms with Crippen LogP contribution in [0.2, 0.25) is 0 Å². The highest BCUT2D eigenvalue weighted by atomic mass is 35.5. The second-order valence-corrected chi connectivity index (χ2v) is 14.1. The van der Waals surface area contributed by atoms with Crippen molar-refractivity contribution in [2.75, 3.05) is 43.2 Å². The molecular weight excluding hydrogens is 633 g/mol. The average molecular weight is 665 g/mol. The summed E-state index contributed by atoms with van der Waals surface area (Å²) in [5, 5.41) is 10.2. The minimum absolute atomic E-state index is 0.0529. The van der Waals surface area contributed by atoms with Gasteiger partial charge in [0.15, 0.2) is 9.75 Å². The van der Waals surface area contributed by atoms with Gasteiger partial charge in [0.1, 0.15) is 11.5 Å². The van der Waals surface area contributed by atoms with Crippen LogP contribution in [0.3, 0.4) is 0 Å². The molecule has 2 aromatic rings. The highest BCUT2D eigenvalue weighted by molar-refractivity contribution is 6.53. The SMILES string of the molecule is CN1C(=O)C2(Cl)CC3C(=CCC4C(=O)N(c5ccc(N6CCOCC6)cc5)C(=O)C43)C(C3=COc4ccc(O)cc4C3)C2(Cl)C1=O. The number of likely N-dealkylation sites (tertiary alicyclic amines) is 1. The fourth-order valence-corrected chi connectivity index (χ4v) is 9.48. The van der Waals surface area contributed by atoms with E-state index in [4.69, 9.17) is 32.7 Å². The van der Waals surface area contributed by atoms with Crippen molar-refractivity contribution in [3.05, 3.63) is 71.5 Å². The van der Waals surface area contributed by atoms with E-state index in [0.29, 0.717) is 41.4 Å². The maximum atomic E-state index is 14.3. The fourth-order valence-electron chi connectivity index (χ4n) is 8.44. The van der Waals surface area contributed by atoms with E-state index in [-0.39, 0.29) is 36.8 Å². The number of rotatable bonds is 3. The van der Waals surface area contributed by atoms with Crippen LogP contribution >= 0.6 is 23.2 Å². The maximum absolute atomic E-state index is 14.3. The molecule has 0 radical (unpaired) electrons. The van der Waals surface area contributed by atoms with Crippen molar-refractivity contribution in [2.45, 2.75) is 29.0 Å². The Balaban J connectivity index is 1.18. The van der Waals surface area contributed by atoms with Gasteiger partial charge in [-0.25, -0.2) is 0 Å². The predicted octanol–water partition coefficient (Wildman–Crippen LogP) is 3.77. The molecule has 4 aliphatic heterocycles. The summed E-state index contributed by atoms with van der Waals surface area (Å²) in [7, 11) is 1.36. The van der Waals surface area contributed by atoms with Crippen molar-refractivity contribution in [3.63, 3.8) is 0 Å². The number of phenolic OH excluding ortho intramolecular Hbond substituents is 1. The Bertz CT molecular complexity index is 1770. The molecule has 2 aromatic carbocycles. The summed E-state index contributed by atoms with van der Waals surface area (Å²) in [5.41, 5.74) is 3.44. The molecule has 0 spiro atoms. The zero-order chi connectivity index (χ0) is 32.1. The number of hydrogen-bond donors (Lipinski definition) is 1. The monoisotopic (exact) mass is 663 g/mol. The number of morpholine rings is 1. The summed E-state index contributed by atoms with van der Waals surface area (Å²) in [5.74, 6) is -4.29. The van der Waals surface area contributed by atoms with Crippen molar-refractivity contribution in [1.82, 2.24) is 4.90 Å². The molecule has 10 nitrogen and oxygen atoms in total. The van der Waals surface area contributed by atoms with Crippen molar-refractivity contribution in [3.8, 4) is 11.5 Å². The van der Waals surface area contributed by atoms with E-state index in [1.165, 1.54) is 24.3 Å². The van der Waals surface area contributed by atoms with Gasteiger partial charge in [-0.05, 0) is 66.8 Å². The summed E-state index contributed by atoms with van der Waals surface area (Å²) in [6.45, 7) is 2.80. The third kappa shape index (κ3) is 3.93. The number of nitrogens with zero attached hydrogens (tertiary/aromatic N) is 3. The van der Waals surface area contributed by atoms with E-state index in [1.54, 1.807) is 24.3 Å². The highest BCUT2D eigenvalue weighted by Crippen LogP contribution is 2.64. The second-order valence-electron chi connectivity index (χ2n) is 12.9. The molecule has 6 unspecified atom stereocenters. The van der Waals surface area contributed by atoms with Crippen molar-refractivity contribution >= 4 is 58.2 Å². The first kappa shape index (κ1) is 29.5. The largest absolute Gasteiger partial charge is 0.508 e. The van der Waals surface area contributed by atoms with Crippen LogP contribution in [0.1, 0.15) is 18.4 Å². The number of phenols is 1. The molecule has 2 aliphatic carbocycles. The number of carbonyl (C=O) groups excluding carboxylic acids is 4. The minimum Gasteiger partial charge on any atom is -0.508 e. The fraction of sp³-hybridized carbons (Fsp3) is 0.412. The molecule has 1 saturated carbocycles. The molecule has 4 amide bonds. The van der Waals surface area contributed by atoms with Gasteiger partial charge in [-0.2, -0.15) is 0 Å². The minimum atomic E-state index is -1.89. The van der Waals surface area contributed by atoms with E-state index in [9.17, 15) is 24.3 Å². The molecule has 6 atom stereocenters. The van der Waals surface area contributed by atoms with Crippen LogP contribution in [0.4, 0.5) is 11.4 Å². The number of carbonyl (C=O) groups is 4. The molecule has 4 fully saturated rings. The topological polar surface area (TPSA) is 117 Å². The highest BCUT2D eigenvalue weighted by Gasteiger charge is 2.76. The van der Waals surface area contributed by atoms with Crippen LogP contribution in [0, 0.1) is 23.7 Å². The van der Waals surface area contributed by atoms with Crippen LogP contribution in [-0.2, 0) is 30.3 Å². The Kier molecular flexibility index (Phi) is 6.63. The van der Waals surface area contributed by atoms with Crippen molar-refractivity contribution in [1.29, 1.82) is 0 Å². The molecule has 46 heavy (non-hydrogen) atoms. The van der Waals surface area contributed by atoms with Crippen molar-refractivity contribution in [2.24, 2.45) is 23.7 Å². The standard InChI is InChI=1S/C34H31Cl2N3O7/c1-37-31(43)33(35)16-25-23(28(34(33,36)32(37)44)19-14-18-15-22(40)6-9-26(18)46-17-19)7-8-24-27(25)30(42)39(29(24)41)21-4-2-20(3-5-21)38-10-12-45-13-11-38/h2-7,9,15,17,24-25,27-28,40H,8,10-14,16H2,1H3. The van der Waals surface area contributed by atoms with Gasteiger partial charge >= 0.3 is 0 Å². The maximum Gasteiger partial charge on any atom is 0.253 e. The summed E-state index contributed by atoms with van der Waals surface area (Å²) < 4.78 is 11.4. The molecular formula is C34H31Cl2N3O7. The lowest BCUT2D eigenvalue weighted by Crippen LogP contribution is -2.61. The smallest absolute Gasteiger partial charge is 0.253 e. The van der Waals surface area contributed by atoms with Gasteiger partial charge in [-0.15, -0.1) is 23.2 Å². The number of fused-ring (bicyclic) bond motifs is 5. The van der Waals surface area contributed by atoms with Crippen LogP contribution < -0.4 is 14.5 Å². The van der Waals surface area contributed by atoms with Crippen LogP contribution in [-0.4, -0.2) is 76.7 Å². The number of benzene rings is 2. The number of hydrogen-bond acceptors (Lipinski definition) is 8. The lowest BCUT2D eigenvalue weighted by Gasteiger charge is -2.51. The molecule has 1 N–H and O–H groups in total. The number of anilines is 2. The van der Waals surface area contributed by atoms with E-state index in [1.807, 2.05) is 18.2 Å². The Morgan fingerprint density at radius 3 is 2.37 bits per heavy atom. The van der Waals surface area contributed by atoms with Crippen LogP contribution in [0.5, 0.6) is 11.5 Å². The summed E-state index contributed by atoms with van der Waals surface area (Å²) in [6.07, 6.45) is 3.90. The number of ether oxygens (including phenoxy) is 2. The lowest BCUT2D eigenvalue weighted by atomic mass is 9.56. The van der Waals surface area contributed by atoms with E-state index < -0.39 is 45.2 Å². The van der Waals surface area contributed by atoms with E-state index in [0.717, 1.165) is 23.7 Å². The second kappa shape index (κ2) is 10.3. The van der Waals surface area contributed by atoms with Crippen LogP contribution in [0.25, 0.3) is 0 Å². The first-order valence-corrected chi connectivity index (χ1v) is 16.2. The van der Waals surface area contributed by atoms with Gasteiger partial charge < -0.3 is 19.5 Å². The Hall–Kier alpha value is -3.86. The Labute approximate surface area is 275 Å². The van der Waals surface area contributed by atoms with Gasteiger partial charge in [0, 0.05) is 43.7 Å². The third-order valence-corrected chi connectivity index (χ3v) is 12.1. The third-order valence-electron chi connectivity index (χ3n) is 10.6. The number of aromatic hydroxyl groups is 1. The van der Waals surface area contributed by atoms with Crippen LogP contribution in [0.15, 0.2) is 65.9 Å². The Morgan fingerprint density at radius 1 is 0.913 bits per heavy atom. The molecule has 0 bridgehead atoms. The lowest BCUT2D eigenvalue weighted by molar-refractivity contribution is -0.138. The molecule has 3 saturated heterocycles. The van der Waals surface area contributed by atoms with Gasteiger partial charge in [-0.3, -0.25) is 29.0 Å². The molecule has 4 heterocycles. The molecule has 6 aliphatic rings. The number of imide groups is 2. The van der Waals surface area contributed by atoms with Crippen molar-refractivity contribution < 1.29 is 33.8 Å². The number of alkyl halides is 2. The predicted molar refractivity (Wildman–Crippen MR) is 169 cm³/mol. The number of allylic oxidation sites excluding steroid dienone is 3.